The Balaban J connectivity index is 1.86. The number of ketones is 1. The SMILES string of the molecule is C[C@]12CO[C@](C)(c3ccc(F)cc3)[C@@H]3C[C@H]1C[C@]3(C)C2=O. The predicted octanol–water partition coefficient (Wildman–Crippen LogP) is 3.69. The van der Waals surface area contributed by atoms with Gasteiger partial charge in [0.2, 0.25) is 0 Å². The number of carbonyl (C=O) groups excluding carboxylic acids is 1. The van der Waals surface area contributed by atoms with Crippen molar-refractivity contribution < 1.29 is 13.9 Å². The van der Waals surface area contributed by atoms with Gasteiger partial charge in [-0.1, -0.05) is 26.0 Å². The molecule has 1 aromatic rings. The van der Waals surface area contributed by atoms with E-state index in [4.69, 9.17) is 4.74 Å². The first-order valence-electron chi connectivity index (χ1n) is 7.76. The summed E-state index contributed by atoms with van der Waals surface area (Å²) in [6.45, 7) is 6.74. The summed E-state index contributed by atoms with van der Waals surface area (Å²) >= 11 is 0. The molecular weight excluding hydrogens is 267 g/mol. The van der Waals surface area contributed by atoms with Gasteiger partial charge in [-0.05, 0) is 43.4 Å². The number of benzene rings is 1. The first-order valence-corrected chi connectivity index (χ1v) is 7.76. The highest BCUT2D eigenvalue weighted by molar-refractivity contribution is 5.94. The van der Waals surface area contributed by atoms with Crippen molar-refractivity contribution in [2.75, 3.05) is 6.61 Å². The summed E-state index contributed by atoms with van der Waals surface area (Å²) in [5, 5.41) is 0. The smallest absolute Gasteiger partial charge is 0.147 e. The van der Waals surface area contributed by atoms with Gasteiger partial charge in [-0.2, -0.15) is 0 Å². The molecule has 2 saturated heterocycles. The number of carbonyl (C=O) groups is 1. The van der Waals surface area contributed by atoms with E-state index in [1.54, 1.807) is 0 Å². The molecular formula is C18H21FO2. The van der Waals surface area contributed by atoms with E-state index in [9.17, 15) is 9.18 Å². The van der Waals surface area contributed by atoms with Gasteiger partial charge in [0.1, 0.15) is 11.6 Å². The highest BCUT2D eigenvalue weighted by Gasteiger charge is 2.71. The number of Topliss-reactive ketones (excluding diaryl/α,β-unsaturated/α-hetero) is 1. The van der Waals surface area contributed by atoms with Gasteiger partial charge in [0.05, 0.1) is 17.6 Å². The molecule has 2 aliphatic carbocycles. The molecule has 0 aromatic heterocycles. The molecule has 0 unspecified atom stereocenters. The average Bonchev–Trinajstić information content (AvgIpc) is 2.85. The highest BCUT2D eigenvalue weighted by atomic mass is 19.1. The average molecular weight is 288 g/mol. The predicted molar refractivity (Wildman–Crippen MR) is 77.1 cm³/mol. The second-order valence-corrected chi connectivity index (χ2v) is 7.76. The maximum absolute atomic E-state index is 13.2. The van der Waals surface area contributed by atoms with Crippen LogP contribution in [-0.2, 0) is 15.1 Å². The van der Waals surface area contributed by atoms with Crippen molar-refractivity contribution in [3.63, 3.8) is 0 Å². The van der Waals surface area contributed by atoms with E-state index >= 15 is 0 Å². The van der Waals surface area contributed by atoms with Gasteiger partial charge in [-0.25, -0.2) is 4.39 Å². The first kappa shape index (κ1) is 13.4. The monoisotopic (exact) mass is 288 g/mol. The fourth-order valence-electron chi connectivity index (χ4n) is 5.34. The maximum Gasteiger partial charge on any atom is 0.147 e. The van der Waals surface area contributed by atoms with Crippen molar-refractivity contribution in [1.29, 1.82) is 0 Å². The van der Waals surface area contributed by atoms with Crippen molar-refractivity contribution in [3.8, 4) is 0 Å². The zero-order valence-corrected chi connectivity index (χ0v) is 12.8. The number of rotatable bonds is 1. The fraction of sp³-hybridized carbons (Fsp3) is 0.611. The summed E-state index contributed by atoms with van der Waals surface area (Å²) in [6.07, 6.45) is 2.01. The molecule has 0 amide bonds. The Hall–Kier alpha value is -1.22. The van der Waals surface area contributed by atoms with Gasteiger partial charge in [0.15, 0.2) is 0 Å². The minimum atomic E-state index is -0.499. The van der Waals surface area contributed by atoms with Crippen LogP contribution in [0.4, 0.5) is 4.39 Å². The van der Waals surface area contributed by atoms with Crippen LogP contribution < -0.4 is 0 Å². The number of fused-ring (bicyclic) bond motifs is 2. The Morgan fingerprint density at radius 3 is 2.43 bits per heavy atom. The van der Waals surface area contributed by atoms with Crippen LogP contribution in [0.25, 0.3) is 0 Å². The summed E-state index contributed by atoms with van der Waals surface area (Å²) < 4.78 is 19.5. The van der Waals surface area contributed by atoms with Crippen LogP contribution in [0.2, 0.25) is 0 Å². The van der Waals surface area contributed by atoms with Crippen LogP contribution >= 0.6 is 0 Å². The molecule has 1 aromatic carbocycles. The third-order valence-corrected chi connectivity index (χ3v) is 6.65. The summed E-state index contributed by atoms with van der Waals surface area (Å²) in [4.78, 5) is 12.9. The Morgan fingerprint density at radius 2 is 1.81 bits per heavy atom. The van der Waals surface area contributed by atoms with E-state index in [0.29, 0.717) is 18.3 Å². The summed E-state index contributed by atoms with van der Waals surface area (Å²) in [5.74, 6) is 0.756. The lowest BCUT2D eigenvalue weighted by Crippen LogP contribution is -2.45. The van der Waals surface area contributed by atoms with Gasteiger partial charge in [-0.15, -0.1) is 0 Å². The zero-order chi connectivity index (χ0) is 15.0. The normalized spacial score (nSPS) is 47.9. The van der Waals surface area contributed by atoms with Crippen molar-refractivity contribution in [1.82, 2.24) is 0 Å². The van der Waals surface area contributed by atoms with E-state index in [-0.39, 0.29) is 22.6 Å². The van der Waals surface area contributed by atoms with Gasteiger partial charge < -0.3 is 4.74 Å². The van der Waals surface area contributed by atoms with Crippen LogP contribution in [0.3, 0.4) is 0 Å². The lowest BCUT2D eigenvalue weighted by molar-refractivity contribution is -0.137. The Labute approximate surface area is 124 Å². The van der Waals surface area contributed by atoms with Crippen LogP contribution in [0.15, 0.2) is 24.3 Å². The third kappa shape index (κ3) is 1.43. The Bertz CT molecular complexity index is 625. The minimum Gasteiger partial charge on any atom is -0.369 e. The number of halogens is 1. The second-order valence-electron chi connectivity index (χ2n) is 7.76. The summed E-state index contributed by atoms with van der Waals surface area (Å²) in [7, 11) is 0. The van der Waals surface area contributed by atoms with Crippen molar-refractivity contribution in [3.05, 3.63) is 35.6 Å². The highest BCUT2D eigenvalue weighted by Crippen LogP contribution is 2.69. The van der Waals surface area contributed by atoms with E-state index in [0.717, 1.165) is 18.4 Å². The lowest BCUT2D eigenvalue weighted by atomic mass is 9.61. The first-order chi connectivity index (χ1) is 9.81. The molecule has 2 aliphatic heterocycles. The maximum atomic E-state index is 13.2. The fourth-order valence-corrected chi connectivity index (χ4v) is 5.34. The van der Waals surface area contributed by atoms with Gasteiger partial charge in [0, 0.05) is 11.3 Å². The molecule has 2 saturated carbocycles. The van der Waals surface area contributed by atoms with Gasteiger partial charge in [0.25, 0.3) is 0 Å². The molecule has 3 heteroatoms. The van der Waals surface area contributed by atoms with Crippen LogP contribution in [0, 0.1) is 28.5 Å². The summed E-state index contributed by atoms with van der Waals surface area (Å²) in [5.41, 5.74) is -0.136. The standard InChI is InChI=1S/C18H21FO2/c1-16-9-12-8-14(16)18(3,11-4-6-13(19)7-5-11)21-10-17(12,2)15(16)20/h4-7,12,14H,8-10H2,1-3H3/t12-,14+,16-,17-,18+/m0/s1. The Morgan fingerprint density at radius 1 is 1.14 bits per heavy atom. The molecule has 4 bridgehead atoms. The molecule has 4 fully saturated rings. The molecule has 4 aliphatic rings. The number of hydrogen-bond donors (Lipinski definition) is 0. The van der Waals surface area contributed by atoms with E-state index < -0.39 is 5.60 Å². The van der Waals surface area contributed by atoms with Gasteiger partial charge in [-0.3, -0.25) is 4.79 Å². The third-order valence-electron chi connectivity index (χ3n) is 6.65. The van der Waals surface area contributed by atoms with E-state index in [1.165, 1.54) is 12.1 Å². The zero-order valence-electron chi connectivity index (χ0n) is 12.8. The number of ether oxygens (including phenoxy) is 1. The molecule has 0 spiro atoms. The Kier molecular flexibility index (Phi) is 2.40. The topological polar surface area (TPSA) is 26.3 Å². The largest absolute Gasteiger partial charge is 0.369 e. The lowest BCUT2D eigenvalue weighted by Gasteiger charge is -2.42. The van der Waals surface area contributed by atoms with Crippen molar-refractivity contribution >= 4 is 5.78 Å². The van der Waals surface area contributed by atoms with Crippen LogP contribution in [0.1, 0.15) is 39.2 Å². The minimum absolute atomic E-state index is 0.184. The summed E-state index contributed by atoms with van der Waals surface area (Å²) in [6, 6.07) is 6.58. The van der Waals surface area contributed by atoms with Crippen LogP contribution in [-0.4, -0.2) is 12.4 Å². The van der Waals surface area contributed by atoms with Crippen LogP contribution in [0.5, 0.6) is 0 Å². The molecule has 112 valence electrons. The molecule has 0 N–H and O–H groups in total. The molecule has 21 heavy (non-hydrogen) atoms. The molecule has 5 atom stereocenters. The van der Waals surface area contributed by atoms with Crippen molar-refractivity contribution in [2.45, 2.75) is 39.2 Å². The van der Waals surface area contributed by atoms with Crippen molar-refractivity contribution in [2.24, 2.45) is 22.7 Å². The molecule has 2 heterocycles. The quantitative estimate of drug-likeness (QED) is 0.787. The molecule has 0 radical (unpaired) electrons. The van der Waals surface area contributed by atoms with E-state index in [2.05, 4.69) is 20.8 Å². The van der Waals surface area contributed by atoms with Gasteiger partial charge >= 0.3 is 0 Å². The molecule has 5 rings (SSSR count). The number of hydrogen-bond acceptors (Lipinski definition) is 2. The van der Waals surface area contributed by atoms with E-state index in [1.807, 2.05) is 12.1 Å². The second kappa shape index (κ2) is 3.75. The molecule has 2 nitrogen and oxygen atoms in total.